The lowest BCUT2D eigenvalue weighted by Crippen LogP contribution is -2.32. The van der Waals surface area contributed by atoms with Gasteiger partial charge < -0.3 is 4.98 Å². The van der Waals surface area contributed by atoms with Gasteiger partial charge in [0.1, 0.15) is 5.82 Å². The Morgan fingerprint density at radius 2 is 1.67 bits per heavy atom. The van der Waals surface area contributed by atoms with E-state index in [-0.39, 0.29) is 23.5 Å². The summed E-state index contributed by atoms with van der Waals surface area (Å²) in [5.41, 5.74) is 2.96. The molecule has 5 nitrogen and oxygen atoms in total. The minimum atomic E-state index is -4.02. The quantitative estimate of drug-likeness (QED) is 0.402. The molecule has 4 aromatic rings. The van der Waals surface area contributed by atoms with E-state index >= 15 is 0 Å². The molecule has 0 spiro atoms. The van der Waals surface area contributed by atoms with E-state index in [0.717, 1.165) is 16.5 Å². The van der Waals surface area contributed by atoms with Crippen molar-refractivity contribution in [2.75, 3.05) is 0 Å². The maximum Gasteiger partial charge on any atom is 0.252 e. The molecule has 3 aromatic carbocycles. The monoisotopic (exact) mass is 484 g/mol. The largest absolute Gasteiger partial charge is 0.322 e. The first-order valence-corrected chi connectivity index (χ1v) is 12.1. The van der Waals surface area contributed by atoms with Gasteiger partial charge in [-0.3, -0.25) is 4.79 Å². The van der Waals surface area contributed by atoms with Gasteiger partial charge in [0.15, 0.2) is 0 Å². The van der Waals surface area contributed by atoms with E-state index in [0.29, 0.717) is 21.7 Å². The summed E-state index contributed by atoms with van der Waals surface area (Å²) >= 11 is 6.19. The maximum atomic E-state index is 13.6. The van der Waals surface area contributed by atoms with Gasteiger partial charge in [-0.05, 0) is 72.3 Å². The highest BCUT2D eigenvalue weighted by Crippen LogP contribution is 2.25. The predicted molar refractivity (Wildman–Crippen MR) is 128 cm³/mol. The van der Waals surface area contributed by atoms with Crippen LogP contribution in [-0.4, -0.2) is 17.7 Å². The highest BCUT2D eigenvalue weighted by Gasteiger charge is 2.26. The summed E-state index contributed by atoms with van der Waals surface area (Å²) in [6.45, 7) is 3.50. The number of H-pyrrole nitrogens is 1. The average Bonchev–Trinajstić information content (AvgIpc) is 2.77. The van der Waals surface area contributed by atoms with Gasteiger partial charge in [-0.1, -0.05) is 41.9 Å². The van der Waals surface area contributed by atoms with Crippen LogP contribution in [0.2, 0.25) is 5.02 Å². The zero-order valence-electron chi connectivity index (χ0n) is 18.1. The lowest BCUT2D eigenvalue weighted by atomic mass is 10.1. The normalized spacial score (nSPS) is 11.9. The van der Waals surface area contributed by atoms with Crippen LogP contribution in [0, 0.1) is 19.7 Å². The van der Waals surface area contributed by atoms with Crippen molar-refractivity contribution in [2.24, 2.45) is 0 Å². The fourth-order valence-corrected chi connectivity index (χ4v) is 5.25. The molecular weight excluding hydrogens is 463 g/mol. The lowest BCUT2D eigenvalue weighted by molar-refractivity contribution is 0.399. The van der Waals surface area contributed by atoms with Gasteiger partial charge in [-0.2, -0.15) is 4.31 Å². The first-order chi connectivity index (χ1) is 15.6. The first-order valence-electron chi connectivity index (χ1n) is 10.3. The second-order valence-electron chi connectivity index (χ2n) is 8.02. The molecule has 0 unspecified atom stereocenters. The molecule has 0 saturated carbocycles. The fraction of sp³-hybridized carbons (Fsp3) is 0.160. The van der Waals surface area contributed by atoms with Gasteiger partial charge in [-0.15, -0.1) is 0 Å². The molecule has 0 atom stereocenters. The molecule has 1 aromatic heterocycles. The molecule has 4 rings (SSSR count). The Labute approximate surface area is 196 Å². The van der Waals surface area contributed by atoms with Crippen LogP contribution in [0.4, 0.5) is 4.39 Å². The van der Waals surface area contributed by atoms with Gasteiger partial charge >= 0.3 is 0 Å². The smallest absolute Gasteiger partial charge is 0.252 e. The third kappa shape index (κ3) is 5.00. The number of pyridine rings is 1. The summed E-state index contributed by atoms with van der Waals surface area (Å²) in [7, 11) is -4.02. The lowest BCUT2D eigenvalue weighted by Gasteiger charge is -2.23. The van der Waals surface area contributed by atoms with E-state index in [1.54, 1.807) is 19.1 Å². The topological polar surface area (TPSA) is 70.2 Å². The number of rotatable bonds is 6. The Morgan fingerprint density at radius 3 is 2.36 bits per heavy atom. The van der Waals surface area contributed by atoms with Crippen molar-refractivity contribution in [2.45, 2.75) is 31.8 Å². The fourth-order valence-electron chi connectivity index (χ4n) is 3.57. The summed E-state index contributed by atoms with van der Waals surface area (Å²) in [6, 6.07) is 17.5. The van der Waals surface area contributed by atoms with Crippen LogP contribution in [0.15, 0.2) is 76.4 Å². The predicted octanol–water partition coefficient (Wildman–Crippen LogP) is 5.33. The molecule has 8 heteroatoms. The van der Waals surface area contributed by atoms with Crippen molar-refractivity contribution in [1.29, 1.82) is 0 Å². The Balaban J connectivity index is 1.78. The van der Waals surface area contributed by atoms with E-state index < -0.39 is 15.8 Å². The standard InChI is InChI=1S/C25H22ClFN2O3S/c1-16-3-7-19-12-20(25(30)28-24(19)11-16)15-29(14-18-5-8-21(27)9-6-18)33(31,32)22-10-4-17(2)23(26)13-22/h3-13H,14-15H2,1-2H3,(H,28,30). The SMILES string of the molecule is Cc1ccc2cc(CN(Cc3ccc(F)cc3)S(=O)(=O)c3ccc(C)c(Cl)c3)c(=O)[nH]c2c1. The highest BCUT2D eigenvalue weighted by molar-refractivity contribution is 7.89. The van der Waals surface area contributed by atoms with E-state index in [1.807, 2.05) is 25.1 Å². The molecule has 1 N–H and O–H groups in total. The molecule has 0 aliphatic rings. The Hall–Kier alpha value is -3.00. The van der Waals surface area contributed by atoms with Crippen LogP contribution >= 0.6 is 11.6 Å². The Bertz CT molecular complexity index is 1500. The van der Waals surface area contributed by atoms with Crippen molar-refractivity contribution in [1.82, 2.24) is 9.29 Å². The van der Waals surface area contributed by atoms with E-state index in [2.05, 4.69) is 4.98 Å². The molecule has 170 valence electrons. The summed E-state index contributed by atoms with van der Waals surface area (Å²) < 4.78 is 41.7. The Morgan fingerprint density at radius 1 is 0.939 bits per heavy atom. The maximum absolute atomic E-state index is 13.6. The van der Waals surface area contributed by atoms with Gasteiger partial charge in [0.05, 0.1) is 4.90 Å². The number of benzene rings is 3. The number of fused-ring (bicyclic) bond motifs is 1. The number of nitrogens with zero attached hydrogens (tertiary/aromatic N) is 1. The summed E-state index contributed by atoms with van der Waals surface area (Å²) in [4.78, 5) is 15.6. The number of aromatic amines is 1. The summed E-state index contributed by atoms with van der Waals surface area (Å²) in [5, 5.41) is 1.13. The minimum absolute atomic E-state index is 0.0213. The van der Waals surface area contributed by atoms with Crippen molar-refractivity contribution < 1.29 is 12.8 Å². The van der Waals surface area contributed by atoms with Crippen LogP contribution in [0.25, 0.3) is 10.9 Å². The number of aromatic nitrogens is 1. The Kier molecular flexibility index (Phi) is 6.38. The molecule has 0 amide bonds. The highest BCUT2D eigenvalue weighted by atomic mass is 35.5. The van der Waals surface area contributed by atoms with Crippen molar-refractivity contribution in [3.05, 3.63) is 110 Å². The molecule has 1 heterocycles. The molecular formula is C25H22ClFN2O3S. The van der Waals surface area contributed by atoms with Gasteiger partial charge in [0.2, 0.25) is 10.0 Å². The van der Waals surface area contributed by atoms with Gasteiger partial charge in [0, 0.05) is 29.2 Å². The molecule has 33 heavy (non-hydrogen) atoms. The van der Waals surface area contributed by atoms with E-state index in [1.165, 1.54) is 40.7 Å². The molecule has 0 aliphatic heterocycles. The second kappa shape index (κ2) is 9.09. The van der Waals surface area contributed by atoms with Gasteiger partial charge in [-0.25, -0.2) is 12.8 Å². The molecule has 0 saturated heterocycles. The van der Waals surface area contributed by atoms with Crippen LogP contribution < -0.4 is 5.56 Å². The summed E-state index contributed by atoms with van der Waals surface area (Å²) in [6.07, 6.45) is 0. The van der Waals surface area contributed by atoms with E-state index in [9.17, 15) is 17.6 Å². The molecule has 0 radical (unpaired) electrons. The van der Waals surface area contributed by atoms with Crippen molar-refractivity contribution in [3.63, 3.8) is 0 Å². The average molecular weight is 485 g/mol. The van der Waals surface area contributed by atoms with Crippen LogP contribution in [0.5, 0.6) is 0 Å². The number of nitrogens with one attached hydrogen (secondary N) is 1. The zero-order chi connectivity index (χ0) is 23.8. The zero-order valence-corrected chi connectivity index (χ0v) is 19.7. The molecule has 0 aliphatic carbocycles. The third-order valence-electron chi connectivity index (χ3n) is 5.48. The number of hydrogen-bond donors (Lipinski definition) is 1. The van der Waals surface area contributed by atoms with Crippen LogP contribution in [0.1, 0.15) is 22.3 Å². The number of sulfonamides is 1. The number of hydrogen-bond acceptors (Lipinski definition) is 3. The summed E-state index contributed by atoms with van der Waals surface area (Å²) in [5.74, 6) is -0.417. The van der Waals surface area contributed by atoms with Crippen LogP contribution in [0.3, 0.4) is 0 Å². The third-order valence-corrected chi connectivity index (χ3v) is 7.67. The minimum Gasteiger partial charge on any atom is -0.322 e. The van der Waals surface area contributed by atoms with Crippen LogP contribution in [-0.2, 0) is 23.1 Å². The molecule has 0 bridgehead atoms. The van der Waals surface area contributed by atoms with Crippen molar-refractivity contribution >= 4 is 32.5 Å². The second-order valence-corrected chi connectivity index (χ2v) is 10.4. The number of halogens is 2. The van der Waals surface area contributed by atoms with Crippen molar-refractivity contribution in [3.8, 4) is 0 Å². The molecule has 0 fully saturated rings. The van der Waals surface area contributed by atoms with E-state index in [4.69, 9.17) is 11.6 Å². The first kappa shape index (κ1) is 23.2. The number of aryl methyl sites for hydroxylation is 2. The van der Waals surface area contributed by atoms with Gasteiger partial charge in [0.25, 0.3) is 5.56 Å².